The number of imidazole rings is 1. The highest BCUT2D eigenvalue weighted by molar-refractivity contribution is 7.89. The molecule has 1 saturated carbocycles. The van der Waals surface area contributed by atoms with Crippen molar-refractivity contribution < 1.29 is 8.42 Å². The Bertz CT molecular complexity index is 523. The SMILES string of the molecule is CC1CC(C)CC(NS(=O)(=O)c2c(N)ncn2C)C1. The number of aromatic nitrogens is 2. The van der Waals surface area contributed by atoms with Crippen LogP contribution in [0, 0.1) is 11.8 Å². The molecule has 1 aromatic rings. The first-order chi connectivity index (χ1) is 8.79. The molecule has 1 heterocycles. The maximum atomic E-state index is 12.4. The molecule has 0 bridgehead atoms. The van der Waals surface area contributed by atoms with Gasteiger partial charge in [-0.25, -0.2) is 18.1 Å². The molecule has 1 aromatic heterocycles. The van der Waals surface area contributed by atoms with E-state index in [1.807, 2.05) is 0 Å². The van der Waals surface area contributed by atoms with Crippen molar-refractivity contribution in [1.29, 1.82) is 0 Å². The minimum atomic E-state index is -3.60. The van der Waals surface area contributed by atoms with Crippen molar-refractivity contribution in [3.8, 4) is 0 Å². The van der Waals surface area contributed by atoms with E-state index in [2.05, 4.69) is 23.6 Å². The Morgan fingerprint density at radius 1 is 1.32 bits per heavy atom. The van der Waals surface area contributed by atoms with Crippen molar-refractivity contribution in [3.05, 3.63) is 6.33 Å². The van der Waals surface area contributed by atoms with Gasteiger partial charge in [-0.15, -0.1) is 0 Å². The van der Waals surface area contributed by atoms with Crippen LogP contribution in [0.2, 0.25) is 0 Å². The summed E-state index contributed by atoms with van der Waals surface area (Å²) in [5, 5.41) is 0.0541. The van der Waals surface area contributed by atoms with Crippen LogP contribution in [0.3, 0.4) is 0 Å². The number of hydrogen-bond acceptors (Lipinski definition) is 4. The first kappa shape index (κ1) is 14.3. The van der Waals surface area contributed by atoms with E-state index in [-0.39, 0.29) is 16.9 Å². The number of rotatable bonds is 3. The van der Waals surface area contributed by atoms with Gasteiger partial charge >= 0.3 is 0 Å². The Kier molecular flexibility index (Phi) is 3.87. The largest absolute Gasteiger partial charge is 0.381 e. The summed E-state index contributed by atoms with van der Waals surface area (Å²) in [5.74, 6) is 1.13. The number of nitrogens with two attached hydrogens (primary N) is 1. The maximum Gasteiger partial charge on any atom is 0.260 e. The molecular weight excluding hydrogens is 264 g/mol. The number of nitrogens with zero attached hydrogens (tertiary/aromatic N) is 2. The molecule has 1 aliphatic rings. The second-order valence-corrected chi connectivity index (χ2v) is 7.41. The van der Waals surface area contributed by atoms with Crippen molar-refractivity contribution in [2.24, 2.45) is 18.9 Å². The van der Waals surface area contributed by atoms with Gasteiger partial charge < -0.3 is 10.3 Å². The predicted octanol–water partition coefficient (Wildman–Crippen LogP) is 1.11. The molecule has 2 atom stereocenters. The van der Waals surface area contributed by atoms with Gasteiger partial charge in [0.05, 0.1) is 6.33 Å². The molecule has 3 N–H and O–H groups in total. The number of anilines is 1. The second-order valence-electron chi connectivity index (χ2n) is 5.78. The van der Waals surface area contributed by atoms with Crippen LogP contribution >= 0.6 is 0 Å². The normalized spacial score (nSPS) is 28.5. The van der Waals surface area contributed by atoms with Crippen molar-refractivity contribution in [2.45, 2.75) is 44.2 Å². The van der Waals surface area contributed by atoms with Crippen LogP contribution in [0.1, 0.15) is 33.1 Å². The lowest BCUT2D eigenvalue weighted by molar-refractivity contribution is 0.257. The first-order valence-corrected chi connectivity index (χ1v) is 8.07. The standard InChI is InChI=1S/C12H22N4O2S/c1-8-4-9(2)6-10(5-8)15-19(17,18)12-11(13)14-7-16(12)3/h7-10,15H,4-6,13H2,1-3H3. The van der Waals surface area contributed by atoms with E-state index < -0.39 is 10.0 Å². The van der Waals surface area contributed by atoms with Gasteiger partial charge in [-0.3, -0.25) is 0 Å². The van der Waals surface area contributed by atoms with E-state index in [9.17, 15) is 8.42 Å². The zero-order chi connectivity index (χ0) is 14.2. The lowest BCUT2D eigenvalue weighted by Crippen LogP contribution is -2.40. The highest BCUT2D eigenvalue weighted by Gasteiger charge is 2.30. The summed E-state index contributed by atoms with van der Waals surface area (Å²) >= 11 is 0. The Morgan fingerprint density at radius 3 is 2.37 bits per heavy atom. The minimum Gasteiger partial charge on any atom is -0.381 e. The van der Waals surface area contributed by atoms with Crippen LogP contribution < -0.4 is 10.5 Å². The van der Waals surface area contributed by atoms with E-state index in [1.54, 1.807) is 7.05 Å². The van der Waals surface area contributed by atoms with Crippen LogP contribution in [0.4, 0.5) is 5.82 Å². The number of nitrogen functional groups attached to an aromatic ring is 1. The Labute approximate surface area is 114 Å². The van der Waals surface area contributed by atoms with Crippen LogP contribution in [0.25, 0.3) is 0 Å². The molecule has 1 aliphatic carbocycles. The smallest absolute Gasteiger partial charge is 0.260 e. The molecule has 0 amide bonds. The molecule has 7 heteroatoms. The Hall–Kier alpha value is -1.08. The van der Waals surface area contributed by atoms with E-state index in [1.165, 1.54) is 10.9 Å². The number of nitrogens with one attached hydrogen (secondary N) is 1. The molecule has 2 rings (SSSR count). The molecule has 108 valence electrons. The fourth-order valence-corrected chi connectivity index (χ4v) is 4.58. The number of aryl methyl sites for hydroxylation is 1. The van der Waals surface area contributed by atoms with Gasteiger partial charge in [-0.2, -0.15) is 0 Å². The van der Waals surface area contributed by atoms with Gasteiger partial charge in [0.2, 0.25) is 0 Å². The molecule has 6 nitrogen and oxygen atoms in total. The highest BCUT2D eigenvalue weighted by Crippen LogP contribution is 2.29. The Balaban J connectivity index is 2.18. The van der Waals surface area contributed by atoms with Crippen molar-refractivity contribution in [3.63, 3.8) is 0 Å². The van der Waals surface area contributed by atoms with Crippen molar-refractivity contribution >= 4 is 15.8 Å². The maximum absolute atomic E-state index is 12.4. The predicted molar refractivity (Wildman–Crippen MR) is 73.9 cm³/mol. The van der Waals surface area contributed by atoms with Crippen LogP contribution in [-0.2, 0) is 17.1 Å². The van der Waals surface area contributed by atoms with E-state index >= 15 is 0 Å². The van der Waals surface area contributed by atoms with Gasteiger partial charge in [0.1, 0.15) is 0 Å². The Morgan fingerprint density at radius 2 is 1.89 bits per heavy atom. The summed E-state index contributed by atoms with van der Waals surface area (Å²) in [6.07, 6.45) is 4.32. The third-order valence-electron chi connectivity index (χ3n) is 3.66. The number of sulfonamides is 1. The van der Waals surface area contributed by atoms with Gasteiger partial charge in [-0.05, 0) is 31.1 Å². The van der Waals surface area contributed by atoms with Crippen LogP contribution in [-0.4, -0.2) is 24.0 Å². The van der Waals surface area contributed by atoms with Crippen molar-refractivity contribution in [2.75, 3.05) is 5.73 Å². The van der Waals surface area contributed by atoms with E-state index in [0.717, 1.165) is 19.3 Å². The van der Waals surface area contributed by atoms with E-state index in [4.69, 9.17) is 5.73 Å². The zero-order valence-electron chi connectivity index (χ0n) is 11.6. The molecule has 0 aliphatic heterocycles. The lowest BCUT2D eigenvalue weighted by Gasteiger charge is -2.31. The summed E-state index contributed by atoms with van der Waals surface area (Å²) in [7, 11) is -1.97. The van der Waals surface area contributed by atoms with Gasteiger partial charge in [0.15, 0.2) is 10.8 Å². The fourth-order valence-electron chi connectivity index (χ4n) is 3.08. The minimum absolute atomic E-state index is 0.0157. The average molecular weight is 286 g/mol. The summed E-state index contributed by atoms with van der Waals surface area (Å²) in [6.45, 7) is 4.32. The molecule has 0 radical (unpaired) electrons. The molecule has 0 aromatic carbocycles. The van der Waals surface area contributed by atoms with E-state index in [0.29, 0.717) is 11.8 Å². The highest BCUT2D eigenvalue weighted by atomic mass is 32.2. The monoisotopic (exact) mass is 286 g/mol. The molecule has 19 heavy (non-hydrogen) atoms. The van der Waals surface area contributed by atoms with Gasteiger partial charge in [0.25, 0.3) is 10.0 Å². The topological polar surface area (TPSA) is 90.0 Å². The summed E-state index contributed by atoms with van der Waals surface area (Å²) in [4.78, 5) is 3.83. The quantitative estimate of drug-likeness (QED) is 0.871. The van der Waals surface area contributed by atoms with Crippen LogP contribution in [0.15, 0.2) is 11.4 Å². The number of hydrogen-bond donors (Lipinski definition) is 2. The van der Waals surface area contributed by atoms with Gasteiger partial charge in [0, 0.05) is 13.1 Å². The van der Waals surface area contributed by atoms with Crippen molar-refractivity contribution in [1.82, 2.24) is 14.3 Å². The second kappa shape index (κ2) is 5.13. The molecular formula is C12H22N4O2S. The third kappa shape index (κ3) is 3.09. The first-order valence-electron chi connectivity index (χ1n) is 6.58. The molecule has 0 spiro atoms. The molecule has 2 unspecified atom stereocenters. The average Bonchev–Trinajstić information content (AvgIpc) is 2.56. The summed E-state index contributed by atoms with van der Waals surface area (Å²) < 4.78 is 28.9. The van der Waals surface area contributed by atoms with Gasteiger partial charge in [-0.1, -0.05) is 13.8 Å². The lowest BCUT2D eigenvalue weighted by atomic mass is 9.81. The summed E-state index contributed by atoms with van der Waals surface area (Å²) in [6, 6.07) is -0.0157. The fraction of sp³-hybridized carbons (Fsp3) is 0.750. The zero-order valence-corrected chi connectivity index (χ0v) is 12.4. The van der Waals surface area contributed by atoms with Crippen LogP contribution in [0.5, 0.6) is 0 Å². The third-order valence-corrected chi connectivity index (χ3v) is 5.31. The summed E-state index contributed by atoms with van der Waals surface area (Å²) in [5.41, 5.74) is 5.64. The molecule has 0 saturated heterocycles. The molecule has 1 fully saturated rings.